The van der Waals surface area contributed by atoms with Crippen LogP contribution in [0.15, 0.2) is 107 Å². The highest BCUT2D eigenvalue weighted by Gasteiger charge is 2.22. The Balaban J connectivity index is 3.30. The molecule has 12 nitrogen and oxygen atoms in total. The second-order valence-electron chi connectivity index (χ2n) is 12.9. The minimum Gasteiger partial charge on any atom is -0.454 e. The summed E-state index contributed by atoms with van der Waals surface area (Å²) in [6, 6.07) is -1.35. The molecule has 1 aliphatic rings. The number of carbonyl (C=O) groups excluding carboxylic acids is 3. The van der Waals surface area contributed by atoms with Gasteiger partial charge < -0.3 is 24.8 Å². The van der Waals surface area contributed by atoms with Crippen LogP contribution in [0.1, 0.15) is 60.8 Å². The average Bonchev–Trinajstić information content (AvgIpc) is 3.11. The molecule has 0 saturated heterocycles. The van der Waals surface area contributed by atoms with E-state index in [9.17, 15) is 22.8 Å². The number of methoxy groups -OCH3 is 2. The van der Waals surface area contributed by atoms with Gasteiger partial charge in [0.2, 0.25) is 12.3 Å². The molecule has 0 spiro atoms. The maximum Gasteiger partial charge on any atom is 0.397 e. The number of carbonyl (C=O) groups is 3. The van der Waals surface area contributed by atoms with Gasteiger partial charge in [-0.1, -0.05) is 110 Å². The van der Waals surface area contributed by atoms with Gasteiger partial charge in [-0.15, -0.1) is 0 Å². The third-order valence-electron chi connectivity index (χ3n) is 8.08. The lowest BCUT2D eigenvalue weighted by Crippen LogP contribution is -2.47. The van der Waals surface area contributed by atoms with Crippen molar-refractivity contribution in [2.24, 2.45) is 11.8 Å². The highest BCUT2D eigenvalue weighted by molar-refractivity contribution is 7.80. The van der Waals surface area contributed by atoms with Gasteiger partial charge in [-0.2, -0.15) is 8.42 Å². The van der Waals surface area contributed by atoms with Crippen LogP contribution in [-0.2, 0) is 43.2 Å². The first kappa shape index (κ1) is 46.9. The van der Waals surface area contributed by atoms with E-state index in [4.69, 9.17) is 18.8 Å². The van der Waals surface area contributed by atoms with Gasteiger partial charge in [0.25, 0.3) is 0 Å². The second-order valence-corrected chi connectivity index (χ2v) is 14.0. The zero-order valence-electron chi connectivity index (χ0n) is 32.2. The van der Waals surface area contributed by atoms with E-state index in [1.165, 1.54) is 11.6 Å². The molecule has 294 valence electrons. The Morgan fingerprint density at radius 2 is 1.68 bits per heavy atom. The zero-order valence-corrected chi connectivity index (χ0v) is 33.0. The van der Waals surface area contributed by atoms with Crippen molar-refractivity contribution in [2.45, 2.75) is 85.2 Å². The fourth-order valence-corrected chi connectivity index (χ4v) is 5.23. The van der Waals surface area contributed by atoms with Crippen LogP contribution in [0, 0.1) is 11.8 Å². The molecule has 0 fully saturated rings. The molecular formula is C40H58N2O10S. The van der Waals surface area contributed by atoms with Crippen molar-refractivity contribution < 1.29 is 45.7 Å². The fourth-order valence-electron chi connectivity index (χ4n) is 4.92. The van der Waals surface area contributed by atoms with E-state index < -0.39 is 41.0 Å². The van der Waals surface area contributed by atoms with E-state index in [2.05, 4.69) is 46.0 Å². The Labute approximate surface area is 316 Å². The predicted octanol–water partition coefficient (Wildman–Crippen LogP) is 6.00. The first-order valence-corrected chi connectivity index (χ1v) is 18.9. The van der Waals surface area contributed by atoms with Crippen LogP contribution in [0.5, 0.6) is 0 Å². The van der Waals surface area contributed by atoms with Crippen molar-refractivity contribution in [3.05, 3.63) is 107 Å². The third-order valence-corrected chi connectivity index (χ3v) is 8.52. The Morgan fingerprint density at radius 1 is 1.00 bits per heavy atom. The minimum absolute atomic E-state index is 0.0434. The summed E-state index contributed by atoms with van der Waals surface area (Å²) in [4.78, 5) is 36.5. The van der Waals surface area contributed by atoms with Crippen molar-refractivity contribution in [3.63, 3.8) is 0 Å². The van der Waals surface area contributed by atoms with Gasteiger partial charge >= 0.3 is 16.4 Å². The van der Waals surface area contributed by atoms with E-state index in [1.807, 2.05) is 64.2 Å². The molecule has 0 unspecified atom stereocenters. The standard InChI is InChI=1S/C40H58N2O10S/c1-29-13-11-17-35(49-7)16-10-9-15-33(5)39(52-38(44)24-22-30(2)19-20-31(3)25-36(50-8)18-12-14-29)34(6)23-21-32(4)26-41-40(45)37(42-28-43)27-51-53(46,47)48/h9-10,12-16,19-25,28,30,33,35-37,39H,11,17-18,26-27H2,1-8H3,(H,41,45)(H,42,43)(H,46,47,48)/b14-12+,15-9+,16-10+,20-19+,24-22+,29-13+,31-25+,32-21+,34-23+/t30-,33+,35+,36-,37+,39+/m1/s1. The van der Waals surface area contributed by atoms with Gasteiger partial charge in [0.1, 0.15) is 12.1 Å². The second kappa shape index (κ2) is 25.8. The Kier molecular flexibility index (Phi) is 22.8. The number of hydrogen-bond acceptors (Lipinski definition) is 9. The van der Waals surface area contributed by atoms with Crippen LogP contribution in [-0.4, -0.2) is 83.0 Å². The molecule has 0 bridgehead atoms. The molecule has 0 aliphatic carbocycles. The molecule has 0 aromatic heterocycles. The molecule has 13 heteroatoms. The van der Waals surface area contributed by atoms with Gasteiger partial charge in [0.05, 0.1) is 18.8 Å². The summed E-state index contributed by atoms with van der Waals surface area (Å²) in [5.74, 6) is -1.48. The van der Waals surface area contributed by atoms with E-state index in [1.54, 1.807) is 39.4 Å². The lowest BCUT2D eigenvalue weighted by atomic mass is 9.96. The number of nitrogens with one attached hydrogen (secondary N) is 2. The quantitative estimate of drug-likeness (QED) is 0.0930. The highest BCUT2D eigenvalue weighted by atomic mass is 32.3. The molecule has 1 heterocycles. The van der Waals surface area contributed by atoms with E-state index in [-0.39, 0.29) is 37.0 Å². The largest absolute Gasteiger partial charge is 0.454 e. The molecule has 0 aromatic carbocycles. The Hall–Kier alpha value is -4.14. The van der Waals surface area contributed by atoms with Crippen LogP contribution >= 0.6 is 0 Å². The first-order valence-electron chi connectivity index (χ1n) is 17.5. The maximum absolute atomic E-state index is 13.1. The van der Waals surface area contributed by atoms with E-state index >= 15 is 0 Å². The lowest BCUT2D eigenvalue weighted by Gasteiger charge is -2.22. The molecule has 6 atom stereocenters. The molecule has 3 N–H and O–H groups in total. The minimum atomic E-state index is -4.80. The highest BCUT2D eigenvalue weighted by Crippen LogP contribution is 2.20. The van der Waals surface area contributed by atoms with Crippen molar-refractivity contribution in [1.29, 1.82) is 0 Å². The number of hydrogen-bond donors (Lipinski definition) is 3. The summed E-state index contributed by atoms with van der Waals surface area (Å²) in [5, 5.41) is 4.73. The van der Waals surface area contributed by atoms with Crippen molar-refractivity contribution >= 4 is 28.7 Å². The van der Waals surface area contributed by atoms with Crippen LogP contribution in [0.3, 0.4) is 0 Å². The number of esters is 1. The summed E-state index contributed by atoms with van der Waals surface area (Å²) in [7, 11) is -1.43. The Bertz CT molecular complexity index is 1570. The van der Waals surface area contributed by atoms with Crippen molar-refractivity contribution in [1.82, 2.24) is 10.6 Å². The van der Waals surface area contributed by atoms with Crippen LogP contribution in [0.4, 0.5) is 0 Å². The number of amides is 2. The smallest absolute Gasteiger partial charge is 0.397 e. The lowest BCUT2D eigenvalue weighted by molar-refractivity contribution is -0.142. The number of allylic oxidation sites excluding steroid dienone is 11. The van der Waals surface area contributed by atoms with Crippen LogP contribution in [0.2, 0.25) is 0 Å². The SMILES string of the molecule is CO[C@H]1/C=C(C)/C=C/[C@@H](C)/C=C/C(=O)O[C@H](/C(C)=C/C=C(\C)CNC(=O)[C@H](COS(=O)(=O)O)NC=O)[C@@H](C)/C=C/C=C/[C@H](OC)CC/C=C(C)/C=C/C1. The van der Waals surface area contributed by atoms with Crippen molar-refractivity contribution in [3.8, 4) is 0 Å². The van der Waals surface area contributed by atoms with Gasteiger partial charge in [-0.3, -0.25) is 14.1 Å². The van der Waals surface area contributed by atoms with E-state index in [0.29, 0.717) is 5.57 Å². The summed E-state index contributed by atoms with van der Waals surface area (Å²) in [5.41, 5.74) is 3.66. The average molecular weight is 759 g/mol. The topological polar surface area (TPSA) is 167 Å². The van der Waals surface area contributed by atoms with Gasteiger partial charge in [-0.05, 0) is 58.4 Å². The number of cyclic esters (lactones) is 1. The molecule has 1 aliphatic heterocycles. The monoisotopic (exact) mass is 758 g/mol. The Morgan fingerprint density at radius 3 is 2.34 bits per heavy atom. The normalized spacial score (nSPS) is 29.0. The summed E-state index contributed by atoms with van der Waals surface area (Å²) in [6.45, 7) is 10.9. The summed E-state index contributed by atoms with van der Waals surface area (Å²) in [6.07, 6.45) is 28.9. The van der Waals surface area contributed by atoms with Gasteiger partial charge in [0, 0.05) is 32.8 Å². The van der Waals surface area contributed by atoms with Crippen molar-refractivity contribution in [2.75, 3.05) is 27.4 Å². The summed E-state index contributed by atoms with van der Waals surface area (Å²) >= 11 is 0. The molecule has 1 rings (SSSR count). The fraction of sp³-hybridized carbons (Fsp3) is 0.475. The van der Waals surface area contributed by atoms with Crippen LogP contribution < -0.4 is 10.6 Å². The molecule has 53 heavy (non-hydrogen) atoms. The van der Waals surface area contributed by atoms with Crippen LogP contribution in [0.25, 0.3) is 0 Å². The zero-order chi connectivity index (χ0) is 39.8. The number of ether oxygens (including phenoxy) is 3. The number of rotatable bonds is 12. The maximum atomic E-state index is 13.1. The molecule has 0 radical (unpaired) electrons. The molecular weight excluding hydrogens is 701 g/mol. The predicted molar refractivity (Wildman–Crippen MR) is 208 cm³/mol. The first-order chi connectivity index (χ1) is 25.1. The molecule has 0 aromatic rings. The molecule has 0 saturated carbocycles. The van der Waals surface area contributed by atoms with Gasteiger partial charge in [0.15, 0.2) is 0 Å². The summed E-state index contributed by atoms with van der Waals surface area (Å²) < 4.78 is 52.1. The van der Waals surface area contributed by atoms with E-state index in [0.717, 1.165) is 30.4 Å². The van der Waals surface area contributed by atoms with Gasteiger partial charge in [-0.25, -0.2) is 8.98 Å². The molecule has 2 amide bonds. The third kappa shape index (κ3) is 21.9.